The number of anilines is 1. The van der Waals surface area contributed by atoms with E-state index >= 15 is 0 Å². The first-order valence-corrected chi connectivity index (χ1v) is 7.88. The van der Waals surface area contributed by atoms with Crippen molar-refractivity contribution in [2.45, 2.75) is 25.1 Å². The first-order valence-electron chi connectivity index (χ1n) is 7.88. The van der Waals surface area contributed by atoms with E-state index in [9.17, 15) is 4.79 Å². The summed E-state index contributed by atoms with van der Waals surface area (Å²) in [5, 5.41) is 0. The molecule has 0 N–H and O–H groups in total. The van der Waals surface area contributed by atoms with Crippen molar-refractivity contribution in [1.82, 2.24) is 9.88 Å². The van der Waals surface area contributed by atoms with E-state index in [4.69, 9.17) is 4.74 Å². The number of pyridine rings is 1. The Bertz CT molecular complexity index is 719. The maximum atomic E-state index is 13.1. The highest BCUT2D eigenvalue weighted by atomic mass is 16.5. The number of carbonyl (C=O) groups is 1. The van der Waals surface area contributed by atoms with E-state index in [0.29, 0.717) is 6.54 Å². The molecule has 1 fully saturated rings. The van der Waals surface area contributed by atoms with Crippen LogP contribution in [0, 0.1) is 0 Å². The number of aromatic nitrogens is 1. The molecule has 1 aromatic heterocycles. The molecule has 0 spiro atoms. The smallest absolute Gasteiger partial charge is 0.244 e. The molecule has 1 amide bonds. The summed E-state index contributed by atoms with van der Waals surface area (Å²) in [6.07, 6.45) is 4.37. The predicted octanol–water partition coefficient (Wildman–Crippen LogP) is 2.08. The molecule has 2 bridgehead atoms. The van der Waals surface area contributed by atoms with Crippen molar-refractivity contribution < 1.29 is 9.53 Å². The number of hydrogen-bond donors (Lipinski definition) is 0. The number of carbonyl (C=O) groups excluding carboxylic acids is 1. The summed E-state index contributed by atoms with van der Waals surface area (Å²) in [5.74, 6) is 0.915. The molecule has 2 aromatic rings. The largest absolute Gasteiger partial charge is 0.487 e. The summed E-state index contributed by atoms with van der Waals surface area (Å²) < 4.78 is 6.16. The molecule has 2 aliphatic heterocycles. The number of likely N-dealkylation sites (tertiary alicyclic amines) is 1. The van der Waals surface area contributed by atoms with Crippen molar-refractivity contribution in [1.29, 1.82) is 0 Å². The third-order valence-corrected chi connectivity index (χ3v) is 4.57. The Kier molecular flexibility index (Phi) is 3.50. The van der Waals surface area contributed by atoms with Crippen LogP contribution in [0.1, 0.15) is 12.0 Å². The minimum Gasteiger partial charge on any atom is -0.487 e. The summed E-state index contributed by atoms with van der Waals surface area (Å²) in [7, 11) is 1.99. The van der Waals surface area contributed by atoms with E-state index in [1.165, 1.54) is 0 Å². The molecule has 1 saturated heterocycles. The molecule has 0 radical (unpaired) electrons. The number of amides is 1. The first kappa shape index (κ1) is 14.2. The van der Waals surface area contributed by atoms with Crippen LogP contribution in [0.25, 0.3) is 0 Å². The Morgan fingerprint density at radius 1 is 1.26 bits per heavy atom. The number of rotatable bonds is 2. The van der Waals surface area contributed by atoms with Crippen LogP contribution in [-0.4, -0.2) is 41.5 Å². The van der Waals surface area contributed by atoms with Crippen molar-refractivity contribution >= 4 is 11.6 Å². The number of para-hydroxylation sites is 2. The van der Waals surface area contributed by atoms with E-state index in [2.05, 4.69) is 9.88 Å². The highest BCUT2D eigenvalue weighted by Crippen LogP contribution is 2.36. The fourth-order valence-corrected chi connectivity index (χ4v) is 3.42. The molecule has 2 aliphatic rings. The normalized spacial score (nSPS) is 23.9. The Morgan fingerprint density at radius 2 is 2.13 bits per heavy atom. The lowest BCUT2D eigenvalue weighted by Gasteiger charge is -2.31. The molecule has 5 nitrogen and oxygen atoms in total. The Labute approximate surface area is 135 Å². The fraction of sp³-hybridized carbons (Fsp3) is 0.333. The quantitative estimate of drug-likeness (QED) is 0.852. The van der Waals surface area contributed by atoms with Crippen LogP contribution in [0.3, 0.4) is 0 Å². The molecule has 0 aliphatic carbocycles. The van der Waals surface area contributed by atoms with Crippen molar-refractivity contribution in [3.63, 3.8) is 0 Å². The van der Waals surface area contributed by atoms with Crippen LogP contribution >= 0.6 is 0 Å². The number of fused-ring (bicyclic) bond motifs is 3. The van der Waals surface area contributed by atoms with Crippen LogP contribution in [0.4, 0.5) is 5.69 Å². The van der Waals surface area contributed by atoms with Gasteiger partial charge in [-0.25, -0.2) is 0 Å². The van der Waals surface area contributed by atoms with Gasteiger partial charge in [-0.1, -0.05) is 18.2 Å². The van der Waals surface area contributed by atoms with E-state index in [0.717, 1.165) is 30.0 Å². The number of benzene rings is 1. The first-order chi connectivity index (χ1) is 11.2. The van der Waals surface area contributed by atoms with Gasteiger partial charge in [0, 0.05) is 25.4 Å². The van der Waals surface area contributed by atoms with Gasteiger partial charge >= 0.3 is 0 Å². The van der Waals surface area contributed by atoms with Gasteiger partial charge < -0.3 is 9.64 Å². The Balaban J connectivity index is 1.76. The molecular formula is C18H19N3O2. The van der Waals surface area contributed by atoms with Crippen molar-refractivity contribution in [3.8, 4) is 5.75 Å². The predicted molar refractivity (Wildman–Crippen MR) is 87.3 cm³/mol. The van der Waals surface area contributed by atoms with Crippen molar-refractivity contribution in [2.75, 3.05) is 18.5 Å². The van der Waals surface area contributed by atoms with Crippen LogP contribution < -0.4 is 9.64 Å². The zero-order valence-corrected chi connectivity index (χ0v) is 13.1. The van der Waals surface area contributed by atoms with Crippen LogP contribution in [0.5, 0.6) is 5.75 Å². The maximum absolute atomic E-state index is 13.1. The van der Waals surface area contributed by atoms with E-state index < -0.39 is 0 Å². The minimum atomic E-state index is -0.120. The van der Waals surface area contributed by atoms with Gasteiger partial charge in [0.2, 0.25) is 5.91 Å². The van der Waals surface area contributed by atoms with Crippen LogP contribution in [0.2, 0.25) is 0 Å². The third kappa shape index (κ3) is 2.57. The zero-order valence-electron chi connectivity index (χ0n) is 13.1. The van der Waals surface area contributed by atoms with Crippen molar-refractivity contribution in [3.05, 3.63) is 54.4 Å². The molecule has 23 heavy (non-hydrogen) atoms. The van der Waals surface area contributed by atoms with E-state index in [-0.39, 0.29) is 18.1 Å². The average Bonchev–Trinajstić information content (AvgIpc) is 2.94. The molecule has 5 heteroatoms. The standard InChI is InChI=1S/C18H19N3O2/c1-20-12-14-9-16(20)18(22)21(11-13-5-4-8-19-10-13)15-6-2-3-7-17(15)23-14/h2-8,10,14,16H,9,11-12H2,1H3. The molecule has 3 heterocycles. The van der Waals surface area contributed by atoms with E-state index in [1.807, 2.05) is 48.3 Å². The maximum Gasteiger partial charge on any atom is 0.244 e. The highest BCUT2D eigenvalue weighted by molar-refractivity contribution is 5.99. The van der Waals surface area contributed by atoms with Crippen LogP contribution in [-0.2, 0) is 11.3 Å². The van der Waals surface area contributed by atoms with Gasteiger partial charge in [-0.15, -0.1) is 0 Å². The minimum absolute atomic E-state index is 0.0793. The average molecular weight is 309 g/mol. The lowest BCUT2D eigenvalue weighted by molar-refractivity contribution is -0.122. The van der Waals surface area contributed by atoms with E-state index in [1.54, 1.807) is 12.4 Å². The second-order valence-corrected chi connectivity index (χ2v) is 6.18. The van der Waals surface area contributed by atoms with Gasteiger partial charge in [0.15, 0.2) is 0 Å². The third-order valence-electron chi connectivity index (χ3n) is 4.57. The Hall–Kier alpha value is -2.40. The number of ether oxygens (including phenoxy) is 1. The molecule has 2 atom stereocenters. The van der Waals surface area contributed by atoms with Gasteiger partial charge in [0.25, 0.3) is 0 Å². The molecule has 118 valence electrons. The summed E-state index contributed by atoms with van der Waals surface area (Å²) >= 11 is 0. The molecular weight excluding hydrogens is 290 g/mol. The monoisotopic (exact) mass is 309 g/mol. The molecule has 1 aromatic carbocycles. The topological polar surface area (TPSA) is 45.7 Å². The van der Waals surface area contributed by atoms with Crippen molar-refractivity contribution in [2.24, 2.45) is 0 Å². The number of nitrogens with zero attached hydrogens (tertiary/aromatic N) is 3. The summed E-state index contributed by atoms with van der Waals surface area (Å²) in [4.78, 5) is 21.2. The number of likely N-dealkylation sites (N-methyl/N-ethyl adjacent to an activating group) is 1. The van der Waals surface area contributed by atoms with Crippen LogP contribution in [0.15, 0.2) is 48.8 Å². The second-order valence-electron chi connectivity index (χ2n) is 6.18. The summed E-state index contributed by atoms with van der Waals surface area (Å²) in [5.41, 5.74) is 1.85. The van der Waals surface area contributed by atoms with Gasteiger partial charge in [-0.2, -0.15) is 0 Å². The fourth-order valence-electron chi connectivity index (χ4n) is 3.42. The van der Waals surface area contributed by atoms with Gasteiger partial charge in [-0.05, 0) is 30.8 Å². The molecule has 4 rings (SSSR count). The lowest BCUT2D eigenvalue weighted by Crippen LogP contribution is -2.44. The Morgan fingerprint density at radius 3 is 2.96 bits per heavy atom. The van der Waals surface area contributed by atoms with Gasteiger partial charge in [0.05, 0.1) is 18.3 Å². The van der Waals surface area contributed by atoms with Gasteiger partial charge in [-0.3, -0.25) is 14.7 Å². The molecule has 2 unspecified atom stereocenters. The lowest BCUT2D eigenvalue weighted by atomic mass is 10.1. The zero-order chi connectivity index (χ0) is 15.8. The second kappa shape index (κ2) is 5.66. The highest BCUT2D eigenvalue weighted by Gasteiger charge is 2.41. The SMILES string of the molecule is CN1CC2CC1C(=O)N(Cc1cccnc1)c1ccccc1O2. The number of hydrogen-bond acceptors (Lipinski definition) is 4. The summed E-state index contributed by atoms with van der Waals surface area (Å²) in [6, 6.07) is 11.5. The van der Waals surface area contributed by atoms with Gasteiger partial charge in [0.1, 0.15) is 11.9 Å². The summed E-state index contributed by atoms with van der Waals surface area (Å²) in [6.45, 7) is 1.29. The molecule has 0 saturated carbocycles.